The molecule has 1 aliphatic heterocycles. The lowest BCUT2D eigenvalue weighted by atomic mass is 9.95. The number of carbonyl (C=O) groups is 1. The highest BCUT2D eigenvalue weighted by Crippen LogP contribution is 2.32. The second kappa shape index (κ2) is 8.02. The summed E-state index contributed by atoms with van der Waals surface area (Å²) in [5.74, 6) is 0.422. The zero-order valence-electron chi connectivity index (χ0n) is 13.2. The van der Waals surface area contributed by atoms with E-state index in [0.717, 1.165) is 25.6 Å². The number of nitrogens with zero attached hydrogens (tertiary/aromatic N) is 1. The summed E-state index contributed by atoms with van der Waals surface area (Å²) in [4.78, 5) is 15.6. The first kappa shape index (κ1) is 18.8. The van der Waals surface area contributed by atoms with Crippen LogP contribution in [0.2, 0.25) is 5.02 Å². The lowest BCUT2D eigenvalue weighted by Crippen LogP contribution is -2.50. The molecule has 0 saturated carbocycles. The molecule has 0 aromatic carbocycles. The van der Waals surface area contributed by atoms with E-state index in [4.69, 9.17) is 11.6 Å². The van der Waals surface area contributed by atoms with Crippen LogP contribution < -0.4 is 16.0 Å². The maximum atomic E-state index is 12.5. The first-order valence-corrected chi connectivity index (χ1v) is 8.12. The van der Waals surface area contributed by atoms with E-state index in [0.29, 0.717) is 12.1 Å². The number of halogens is 4. The number of hydrogen-bond donors (Lipinski definition) is 3. The van der Waals surface area contributed by atoms with Gasteiger partial charge in [-0.3, -0.25) is 4.79 Å². The topological polar surface area (TPSA) is 66.0 Å². The SMILES string of the molecule is CC1CCNCC1NC(=O)CCNc1ncc(C(F)(F)F)cc1Cl. The fourth-order valence-electron chi connectivity index (χ4n) is 2.48. The highest BCUT2D eigenvalue weighted by molar-refractivity contribution is 6.32. The quantitative estimate of drug-likeness (QED) is 0.751. The Morgan fingerprint density at radius 1 is 1.50 bits per heavy atom. The third-order valence-electron chi connectivity index (χ3n) is 3.99. The van der Waals surface area contributed by atoms with Gasteiger partial charge >= 0.3 is 6.18 Å². The molecule has 9 heteroatoms. The van der Waals surface area contributed by atoms with Crippen molar-refractivity contribution in [1.82, 2.24) is 15.6 Å². The van der Waals surface area contributed by atoms with Crippen LogP contribution in [-0.2, 0) is 11.0 Å². The number of pyridine rings is 1. The van der Waals surface area contributed by atoms with Crippen molar-refractivity contribution in [3.05, 3.63) is 22.8 Å². The van der Waals surface area contributed by atoms with Gasteiger partial charge in [0, 0.05) is 31.7 Å². The van der Waals surface area contributed by atoms with Crippen molar-refractivity contribution in [2.75, 3.05) is 25.0 Å². The summed E-state index contributed by atoms with van der Waals surface area (Å²) < 4.78 is 37.6. The van der Waals surface area contributed by atoms with E-state index >= 15 is 0 Å². The average Bonchev–Trinajstić information content (AvgIpc) is 2.50. The lowest BCUT2D eigenvalue weighted by Gasteiger charge is -2.30. The maximum Gasteiger partial charge on any atom is 0.417 e. The van der Waals surface area contributed by atoms with Gasteiger partial charge in [-0.2, -0.15) is 13.2 Å². The van der Waals surface area contributed by atoms with Crippen LogP contribution in [0.1, 0.15) is 25.3 Å². The third-order valence-corrected chi connectivity index (χ3v) is 4.28. The molecule has 0 radical (unpaired) electrons. The van der Waals surface area contributed by atoms with E-state index in [1.807, 2.05) is 0 Å². The van der Waals surface area contributed by atoms with Crippen LogP contribution in [-0.4, -0.2) is 36.6 Å². The predicted molar refractivity (Wildman–Crippen MR) is 85.9 cm³/mol. The van der Waals surface area contributed by atoms with Crippen molar-refractivity contribution in [3.8, 4) is 0 Å². The molecule has 2 heterocycles. The summed E-state index contributed by atoms with van der Waals surface area (Å²) in [6.45, 7) is 4.02. The molecule has 0 bridgehead atoms. The Bertz CT molecular complexity index is 582. The Labute approximate surface area is 143 Å². The summed E-state index contributed by atoms with van der Waals surface area (Å²) in [6, 6.07) is 0.908. The van der Waals surface area contributed by atoms with Crippen LogP contribution >= 0.6 is 11.6 Å². The normalized spacial score (nSPS) is 21.4. The minimum atomic E-state index is -4.49. The molecule has 2 atom stereocenters. The fourth-order valence-corrected chi connectivity index (χ4v) is 2.71. The number of anilines is 1. The molecule has 0 spiro atoms. The predicted octanol–water partition coefficient (Wildman–Crippen LogP) is 2.67. The molecule has 134 valence electrons. The number of hydrogen-bond acceptors (Lipinski definition) is 4. The summed E-state index contributed by atoms with van der Waals surface area (Å²) in [5, 5.41) is 8.84. The molecule has 1 aromatic heterocycles. The molecule has 0 aliphatic carbocycles. The minimum Gasteiger partial charge on any atom is -0.368 e. The van der Waals surface area contributed by atoms with Crippen LogP contribution in [0, 0.1) is 5.92 Å². The van der Waals surface area contributed by atoms with Gasteiger partial charge in [0.1, 0.15) is 5.82 Å². The molecule has 1 aromatic rings. The molecule has 1 aliphatic rings. The number of aromatic nitrogens is 1. The van der Waals surface area contributed by atoms with Gasteiger partial charge in [-0.05, 0) is 24.9 Å². The third kappa shape index (κ3) is 5.24. The van der Waals surface area contributed by atoms with Gasteiger partial charge in [0.25, 0.3) is 0 Å². The van der Waals surface area contributed by atoms with Crippen molar-refractivity contribution >= 4 is 23.3 Å². The van der Waals surface area contributed by atoms with Crippen LogP contribution in [0.15, 0.2) is 12.3 Å². The van der Waals surface area contributed by atoms with Gasteiger partial charge in [0.05, 0.1) is 10.6 Å². The number of carbonyl (C=O) groups excluding carboxylic acids is 1. The number of amides is 1. The van der Waals surface area contributed by atoms with Gasteiger partial charge in [-0.25, -0.2) is 4.98 Å². The van der Waals surface area contributed by atoms with E-state index in [2.05, 4.69) is 27.9 Å². The van der Waals surface area contributed by atoms with Gasteiger partial charge in [0.15, 0.2) is 0 Å². The molecule has 1 amide bonds. The van der Waals surface area contributed by atoms with Gasteiger partial charge in [-0.1, -0.05) is 18.5 Å². The highest BCUT2D eigenvalue weighted by atomic mass is 35.5. The van der Waals surface area contributed by atoms with Gasteiger partial charge in [0.2, 0.25) is 5.91 Å². The molecule has 3 N–H and O–H groups in total. The van der Waals surface area contributed by atoms with Crippen LogP contribution in [0.25, 0.3) is 0 Å². The van der Waals surface area contributed by atoms with Crippen LogP contribution in [0.5, 0.6) is 0 Å². The Hall–Kier alpha value is -1.54. The van der Waals surface area contributed by atoms with E-state index < -0.39 is 11.7 Å². The van der Waals surface area contributed by atoms with Crippen molar-refractivity contribution in [2.24, 2.45) is 5.92 Å². The van der Waals surface area contributed by atoms with Crippen LogP contribution in [0.4, 0.5) is 19.0 Å². The van der Waals surface area contributed by atoms with Gasteiger partial charge < -0.3 is 16.0 Å². The molecule has 1 fully saturated rings. The van der Waals surface area contributed by atoms with E-state index in [-0.39, 0.29) is 35.8 Å². The van der Waals surface area contributed by atoms with E-state index in [9.17, 15) is 18.0 Å². The Balaban J connectivity index is 1.80. The van der Waals surface area contributed by atoms with Crippen LogP contribution in [0.3, 0.4) is 0 Å². The second-order valence-electron chi connectivity index (χ2n) is 5.87. The monoisotopic (exact) mass is 364 g/mol. The number of piperidine rings is 1. The second-order valence-corrected chi connectivity index (χ2v) is 6.28. The average molecular weight is 365 g/mol. The Morgan fingerprint density at radius 2 is 2.25 bits per heavy atom. The van der Waals surface area contributed by atoms with Crippen molar-refractivity contribution in [1.29, 1.82) is 0 Å². The van der Waals surface area contributed by atoms with Crippen molar-refractivity contribution in [3.63, 3.8) is 0 Å². The fraction of sp³-hybridized carbons (Fsp3) is 0.600. The summed E-state index contributed by atoms with van der Waals surface area (Å²) in [6.07, 6.45) is -2.58. The van der Waals surface area contributed by atoms with Crippen molar-refractivity contribution in [2.45, 2.75) is 32.0 Å². The molecule has 2 unspecified atom stereocenters. The van der Waals surface area contributed by atoms with E-state index in [1.54, 1.807) is 0 Å². The number of alkyl halides is 3. The molecule has 5 nitrogen and oxygen atoms in total. The Morgan fingerprint density at radius 3 is 2.88 bits per heavy atom. The number of nitrogens with one attached hydrogen (secondary N) is 3. The molecular formula is C15H20ClF3N4O. The smallest absolute Gasteiger partial charge is 0.368 e. The largest absolute Gasteiger partial charge is 0.417 e. The Kier molecular flexibility index (Phi) is 6.28. The highest BCUT2D eigenvalue weighted by Gasteiger charge is 2.31. The first-order valence-electron chi connectivity index (χ1n) is 7.74. The molecule has 1 saturated heterocycles. The minimum absolute atomic E-state index is 0.0963. The first-order chi connectivity index (χ1) is 11.3. The summed E-state index contributed by atoms with van der Waals surface area (Å²) in [5.41, 5.74) is -0.908. The zero-order valence-corrected chi connectivity index (χ0v) is 14.0. The van der Waals surface area contributed by atoms with Gasteiger partial charge in [-0.15, -0.1) is 0 Å². The summed E-state index contributed by atoms with van der Waals surface area (Å²) >= 11 is 5.79. The molecular weight excluding hydrogens is 345 g/mol. The van der Waals surface area contributed by atoms with E-state index in [1.165, 1.54) is 0 Å². The number of rotatable bonds is 5. The summed E-state index contributed by atoms with van der Waals surface area (Å²) in [7, 11) is 0. The molecule has 2 rings (SSSR count). The van der Waals surface area contributed by atoms with Crippen molar-refractivity contribution < 1.29 is 18.0 Å². The standard InChI is InChI=1S/C15H20ClF3N4O/c1-9-2-4-20-8-12(9)23-13(24)3-5-21-14-11(16)6-10(7-22-14)15(17,18)19/h6-7,9,12,20H,2-5,8H2,1H3,(H,21,22)(H,23,24). The lowest BCUT2D eigenvalue weighted by molar-refractivity contribution is -0.137. The zero-order chi connectivity index (χ0) is 17.7. The maximum absolute atomic E-state index is 12.5. The molecule has 24 heavy (non-hydrogen) atoms.